The summed E-state index contributed by atoms with van der Waals surface area (Å²) in [4.78, 5) is 25.4. The molecule has 2 unspecified atom stereocenters. The Kier molecular flexibility index (Phi) is 6.95. The molecule has 0 aliphatic carbocycles. The van der Waals surface area contributed by atoms with E-state index in [1.54, 1.807) is 6.07 Å². The number of carbonyl (C=O) groups is 2. The van der Waals surface area contributed by atoms with Crippen LogP contribution in [0.3, 0.4) is 0 Å². The van der Waals surface area contributed by atoms with Gasteiger partial charge in [-0.2, -0.15) is 4.31 Å². The fourth-order valence-electron chi connectivity index (χ4n) is 4.00. The summed E-state index contributed by atoms with van der Waals surface area (Å²) in [7, 11) is -3.87. The number of fused-ring (bicyclic) bond motifs is 1. The van der Waals surface area contributed by atoms with Crippen LogP contribution in [0.2, 0.25) is 0 Å². The lowest BCUT2D eigenvalue weighted by molar-refractivity contribution is -0.158. The van der Waals surface area contributed by atoms with E-state index in [-0.39, 0.29) is 18.0 Å². The molecule has 9 heteroatoms. The van der Waals surface area contributed by atoms with E-state index in [2.05, 4.69) is 5.32 Å². The monoisotopic (exact) mass is 484 g/mol. The zero-order valence-corrected chi connectivity index (χ0v) is 19.4. The number of amides is 1. The van der Waals surface area contributed by atoms with Crippen LogP contribution in [0.15, 0.2) is 71.6 Å². The van der Waals surface area contributed by atoms with Crippen molar-refractivity contribution in [1.82, 2.24) is 4.31 Å². The molecule has 7 nitrogen and oxygen atoms in total. The van der Waals surface area contributed by atoms with E-state index in [0.29, 0.717) is 18.5 Å². The summed E-state index contributed by atoms with van der Waals surface area (Å²) in [5, 5.41) is 4.63. The Morgan fingerprint density at radius 3 is 2.53 bits per heavy atom. The van der Waals surface area contributed by atoms with Crippen LogP contribution in [0, 0.1) is 11.7 Å². The molecule has 0 bridgehead atoms. The highest BCUT2D eigenvalue weighted by atomic mass is 32.2. The van der Waals surface area contributed by atoms with Gasteiger partial charge in [0.2, 0.25) is 10.0 Å². The Morgan fingerprint density at radius 1 is 1.06 bits per heavy atom. The highest BCUT2D eigenvalue weighted by Gasteiger charge is 2.35. The highest BCUT2D eigenvalue weighted by molar-refractivity contribution is 7.89. The predicted molar refractivity (Wildman–Crippen MR) is 126 cm³/mol. The highest BCUT2D eigenvalue weighted by Crippen LogP contribution is 2.26. The molecule has 3 aromatic carbocycles. The van der Waals surface area contributed by atoms with Crippen molar-refractivity contribution in [1.29, 1.82) is 0 Å². The number of halogens is 1. The number of nitrogens with zero attached hydrogens (tertiary/aromatic N) is 1. The minimum Gasteiger partial charge on any atom is -0.452 e. The zero-order chi connectivity index (χ0) is 24.3. The van der Waals surface area contributed by atoms with E-state index in [1.165, 1.54) is 23.4 Å². The van der Waals surface area contributed by atoms with Crippen LogP contribution >= 0.6 is 0 Å². The second-order valence-electron chi connectivity index (χ2n) is 8.25. The lowest BCUT2D eigenvalue weighted by atomic mass is 10.00. The topological polar surface area (TPSA) is 92.8 Å². The smallest absolute Gasteiger partial charge is 0.311 e. The van der Waals surface area contributed by atoms with E-state index in [9.17, 15) is 22.4 Å². The van der Waals surface area contributed by atoms with Crippen molar-refractivity contribution in [3.05, 3.63) is 72.5 Å². The largest absolute Gasteiger partial charge is 0.452 e. The van der Waals surface area contributed by atoms with Crippen LogP contribution in [-0.4, -0.2) is 43.8 Å². The Bertz CT molecular complexity index is 1310. The maximum atomic E-state index is 13.2. The molecule has 4 rings (SSSR count). The predicted octanol–water partition coefficient (Wildman–Crippen LogP) is 3.95. The average Bonchev–Trinajstić information content (AvgIpc) is 2.84. The second-order valence-corrected chi connectivity index (χ2v) is 10.2. The number of nitrogens with one attached hydrogen (secondary N) is 1. The van der Waals surface area contributed by atoms with E-state index in [0.717, 1.165) is 22.9 Å². The third-order valence-electron chi connectivity index (χ3n) is 5.88. The number of rotatable bonds is 6. The Labute approximate surface area is 197 Å². The Balaban J connectivity index is 1.39. The molecule has 178 valence electrons. The van der Waals surface area contributed by atoms with Gasteiger partial charge in [-0.05, 0) is 55.5 Å². The summed E-state index contributed by atoms with van der Waals surface area (Å²) >= 11 is 0. The quantitative estimate of drug-likeness (QED) is 0.535. The lowest BCUT2D eigenvalue weighted by Crippen LogP contribution is -2.44. The first kappa shape index (κ1) is 23.8. The number of anilines is 1. The lowest BCUT2D eigenvalue weighted by Gasteiger charge is -2.31. The molecule has 1 saturated heterocycles. The van der Waals surface area contributed by atoms with Crippen molar-refractivity contribution in [3.63, 3.8) is 0 Å². The Morgan fingerprint density at radius 2 is 1.76 bits per heavy atom. The van der Waals surface area contributed by atoms with Crippen molar-refractivity contribution >= 4 is 38.4 Å². The number of sulfonamides is 1. The maximum Gasteiger partial charge on any atom is 0.311 e. The number of esters is 1. The van der Waals surface area contributed by atoms with Crippen LogP contribution in [0.1, 0.15) is 19.8 Å². The molecule has 3 aromatic rings. The number of hydrogen-bond acceptors (Lipinski definition) is 5. The van der Waals surface area contributed by atoms with Gasteiger partial charge in [0, 0.05) is 24.2 Å². The molecule has 0 spiro atoms. The van der Waals surface area contributed by atoms with Gasteiger partial charge < -0.3 is 10.1 Å². The van der Waals surface area contributed by atoms with Gasteiger partial charge in [-0.25, -0.2) is 12.8 Å². The van der Waals surface area contributed by atoms with Gasteiger partial charge in [0.15, 0.2) is 6.10 Å². The molecule has 1 aliphatic rings. The van der Waals surface area contributed by atoms with Crippen molar-refractivity contribution in [2.75, 3.05) is 18.4 Å². The molecule has 1 amide bonds. The first-order valence-corrected chi connectivity index (χ1v) is 12.4. The first-order chi connectivity index (χ1) is 16.3. The summed E-state index contributed by atoms with van der Waals surface area (Å²) in [6, 6.07) is 17.7. The molecule has 1 fully saturated rings. The summed E-state index contributed by atoms with van der Waals surface area (Å²) in [5.41, 5.74) is 0.611. The van der Waals surface area contributed by atoms with Gasteiger partial charge in [-0.1, -0.05) is 36.4 Å². The third-order valence-corrected chi connectivity index (χ3v) is 7.76. The van der Waals surface area contributed by atoms with Crippen LogP contribution in [-0.2, 0) is 24.3 Å². The van der Waals surface area contributed by atoms with Crippen LogP contribution in [0.25, 0.3) is 10.8 Å². The molecule has 1 heterocycles. The van der Waals surface area contributed by atoms with E-state index in [1.807, 2.05) is 36.4 Å². The van der Waals surface area contributed by atoms with E-state index in [4.69, 9.17) is 4.74 Å². The molecule has 0 saturated carbocycles. The number of benzene rings is 3. The number of ether oxygens (including phenoxy) is 1. The molecule has 1 aliphatic heterocycles. The minimum absolute atomic E-state index is 0.0363. The maximum absolute atomic E-state index is 13.2. The van der Waals surface area contributed by atoms with Crippen LogP contribution in [0.4, 0.5) is 10.1 Å². The first-order valence-electron chi connectivity index (χ1n) is 11.0. The van der Waals surface area contributed by atoms with Gasteiger partial charge in [0.1, 0.15) is 5.82 Å². The van der Waals surface area contributed by atoms with Crippen LogP contribution in [0.5, 0.6) is 0 Å². The molecule has 0 aromatic heterocycles. The minimum atomic E-state index is -3.87. The second kappa shape index (κ2) is 9.90. The normalized spacial score (nSPS) is 17.8. The van der Waals surface area contributed by atoms with Crippen molar-refractivity contribution in [2.24, 2.45) is 5.92 Å². The van der Waals surface area contributed by atoms with Gasteiger partial charge in [0.25, 0.3) is 5.91 Å². The van der Waals surface area contributed by atoms with E-state index >= 15 is 0 Å². The summed E-state index contributed by atoms with van der Waals surface area (Å²) < 4.78 is 45.6. The number of hydrogen-bond donors (Lipinski definition) is 1. The van der Waals surface area contributed by atoms with Crippen LogP contribution < -0.4 is 5.32 Å². The SMILES string of the molecule is CC(OC(=O)C1CCCN(S(=O)(=O)c2ccc(F)cc2)C1)C(=O)Nc1cccc2ccccc12. The zero-order valence-electron chi connectivity index (χ0n) is 18.6. The fourth-order valence-corrected chi connectivity index (χ4v) is 5.53. The van der Waals surface area contributed by atoms with Gasteiger partial charge in [-0.3, -0.25) is 9.59 Å². The van der Waals surface area contributed by atoms with E-state index < -0.39 is 39.7 Å². The number of carbonyl (C=O) groups excluding carboxylic acids is 2. The molecule has 34 heavy (non-hydrogen) atoms. The summed E-state index contributed by atoms with van der Waals surface area (Å²) in [6.07, 6.45) is -0.140. The average molecular weight is 485 g/mol. The van der Waals surface area contributed by atoms with Crippen molar-refractivity contribution < 1.29 is 27.1 Å². The molecular formula is C25H25FN2O5S. The molecule has 2 atom stereocenters. The standard InChI is InChI=1S/C25H25FN2O5S/c1-17(24(29)27-23-10-4-7-18-6-2-3-9-22(18)23)33-25(30)19-8-5-15-28(16-19)34(31,32)21-13-11-20(26)12-14-21/h2-4,6-7,9-14,17,19H,5,8,15-16H2,1H3,(H,27,29). The molecule has 0 radical (unpaired) electrons. The fraction of sp³-hybridized carbons (Fsp3) is 0.280. The van der Waals surface area contributed by atoms with Crippen molar-refractivity contribution in [3.8, 4) is 0 Å². The van der Waals surface area contributed by atoms with Crippen molar-refractivity contribution in [2.45, 2.75) is 30.8 Å². The van der Waals surface area contributed by atoms with Gasteiger partial charge in [0.05, 0.1) is 10.8 Å². The number of piperidine rings is 1. The van der Waals surface area contributed by atoms with Gasteiger partial charge in [-0.15, -0.1) is 0 Å². The Hall–Kier alpha value is -3.30. The molecule has 1 N–H and O–H groups in total. The summed E-state index contributed by atoms with van der Waals surface area (Å²) in [6.45, 7) is 1.67. The summed E-state index contributed by atoms with van der Waals surface area (Å²) in [5.74, 6) is -2.33. The van der Waals surface area contributed by atoms with Gasteiger partial charge >= 0.3 is 5.97 Å². The molecular weight excluding hydrogens is 459 g/mol. The third kappa shape index (κ3) is 5.10.